The topological polar surface area (TPSA) is 126 Å². The van der Waals surface area contributed by atoms with Crippen LogP contribution in [0.4, 0.5) is 11.4 Å². The molecule has 0 spiro atoms. The van der Waals surface area contributed by atoms with Crippen molar-refractivity contribution in [3.63, 3.8) is 0 Å². The maximum Gasteiger partial charge on any atom is 0.238 e. The van der Waals surface area contributed by atoms with Gasteiger partial charge in [-0.1, -0.05) is 52.3 Å². The zero-order valence-corrected chi connectivity index (χ0v) is 31.0. The molecule has 0 saturated heterocycles. The number of para-hydroxylation sites is 2. The number of anilines is 2. The van der Waals surface area contributed by atoms with Crippen LogP contribution in [-0.2, 0) is 57.9 Å². The maximum atomic E-state index is 12.0. The first kappa shape index (κ1) is 41.4. The number of hydrogen-bond acceptors (Lipinski definition) is 10. The molecule has 0 fully saturated rings. The Kier molecular flexibility index (Phi) is 20.5. The molecule has 0 aliphatic rings. The van der Waals surface area contributed by atoms with E-state index in [-0.39, 0.29) is 24.1 Å². The summed E-state index contributed by atoms with van der Waals surface area (Å²) in [5.41, 5.74) is 6.01. The third-order valence-corrected chi connectivity index (χ3v) is 10.9. The van der Waals surface area contributed by atoms with Crippen LogP contribution in [0.15, 0.2) is 36.4 Å². The van der Waals surface area contributed by atoms with Crippen molar-refractivity contribution in [2.24, 2.45) is 0 Å². The number of carbonyl (C=O) groups is 2. The summed E-state index contributed by atoms with van der Waals surface area (Å²) in [4.78, 5) is 25.2. The number of aryl methyl sites for hydroxylation is 4. The molecular weight excluding hydrogens is 697 g/mol. The maximum absolute atomic E-state index is 12.0. The lowest BCUT2D eigenvalue weighted by Gasteiger charge is -2.18. The van der Waals surface area contributed by atoms with Gasteiger partial charge in [0.2, 0.25) is 11.8 Å². The lowest BCUT2D eigenvalue weighted by atomic mass is 10.1. The van der Waals surface area contributed by atoms with Gasteiger partial charge in [0.25, 0.3) is 0 Å². The summed E-state index contributed by atoms with van der Waals surface area (Å²) in [6.45, 7) is 8.88. The van der Waals surface area contributed by atoms with Crippen LogP contribution in [0.3, 0.4) is 0 Å². The summed E-state index contributed by atoms with van der Waals surface area (Å²) in [7, 11) is 1.19. The van der Waals surface area contributed by atoms with E-state index >= 15 is 0 Å². The lowest BCUT2D eigenvalue weighted by Crippen LogP contribution is -2.33. The Morgan fingerprint density at radius 2 is 1.21 bits per heavy atom. The highest BCUT2D eigenvalue weighted by Crippen LogP contribution is 2.20. The molecule has 0 aliphatic heterocycles. The van der Waals surface area contributed by atoms with Gasteiger partial charge in [0.05, 0.1) is 38.8 Å². The van der Waals surface area contributed by atoms with Crippen molar-refractivity contribution in [1.82, 2.24) is 10.2 Å². The number of carbonyl (C=O) groups excluding carboxylic acids is 2. The summed E-state index contributed by atoms with van der Waals surface area (Å²) >= 11 is 12.4. The Labute approximate surface area is 275 Å². The number of nitrogens with one attached hydrogen (secondary N) is 3. The molecule has 10 nitrogen and oxygen atoms in total. The highest BCUT2D eigenvalue weighted by Gasteiger charge is 2.12. The van der Waals surface area contributed by atoms with Gasteiger partial charge in [0.15, 0.2) is 0 Å². The van der Waals surface area contributed by atoms with Crippen LogP contribution < -0.4 is 16.0 Å². The molecule has 0 heterocycles. The quantitative estimate of drug-likeness (QED) is 0.262. The van der Waals surface area contributed by atoms with E-state index < -0.39 is 17.5 Å². The van der Waals surface area contributed by atoms with Gasteiger partial charge in [-0.25, -0.2) is 8.42 Å². The van der Waals surface area contributed by atoms with Gasteiger partial charge < -0.3 is 16.0 Å². The number of benzene rings is 2. The molecule has 2 amide bonds. The second-order valence-corrected chi connectivity index (χ2v) is 17.0. The van der Waals surface area contributed by atoms with Crippen molar-refractivity contribution in [2.75, 3.05) is 75.4 Å². The van der Waals surface area contributed by atoms with E-state index in [1.165, 1.54) is 14.2 Å². The van der Waals surface area contributed by atoms with E-state index in [0.29, 0.717) is 24.2 Å². The molecule has 2 atom stereocenters. The van der Waals surface area contributed by atoms with E-state index in [9.17, 15) is 18.0 Å². The van der Waals surface area contributed by atoms with Gasteiger partial charge in [-0.3, -0.25) is 22.9 Å². The summed E-state index contributed by atoms with van der Waals surface area (Å²) in [6, 6.07) is 11.8. The average Bonchev–Trinajstić information content (AvgIpc) is 2.93. The van der Waals surface area contributed by atoms with Crippen molar-refractivity contribution >= 4 is 79.0 Å². The van der Waals surface area contributed by atoms with Crippen LogP contribution in [0.25, 0.3) is 0 Å². The zero-order valence-electron chi connectivity index (χ0n) is 26.1. The van der Waals surface area contributed by atoms with E-state index in [2.05, 4.69) is 47.3 Å². The Balaban J connectivity index is 0.000000688. The van der Waals surface area contributed by atoms with Crippen LogP contribution in [0.1, 0.15) is 22.3 Å². The second kappa shape index (κ2) is 21.2. The van der Waals surface area contributed by atoms with Gasteiger partial charge in [-0.05, 0) is 64.0 Å². The third-order valence-electron chi connectivity index (χ3n) is 5.80. The predicted octanol–water partition coefficient (Wildman–Crippen LogP) is 3.63. The minimum absolute atomic E-state index is 0.00935. The van der Waals surface area contributed by atoms with Crippen molar-refractivity contribution < 1.29 is 26.4 Å². The molecule has 3 N–H and O–H groups in total. The standard InChI is InChI=1S/C14H22N2O3S2.C11H16N2O.C3H7BrO2S2/c1-11-6-5-7-12(2)14(11)15-13(17)10-16(3)8-9-21(18,20)19-4;1-8-5-4-6-9(2)11(8)13-10(14)7-12-3;1-6-8(5,7)3-2-4/h5-7H,8-10H2,1-4H3,(H,15,17);4-6,12H,7H2,1-3H3,(H,13,14);2-3H2,1H3. The molecule has 2 unspecified atom stereocenters. The van der Waals surface area contributed by atoms with Gasteiger partial charge >= 0.3 is 0 Å². The van der Waals surface area contributed by atoms with E-state index in [0.717, 1.165) is 33.6 Å². The van der Waals surface area contributed by atoms with E-state index in [4.69, 9.17) is 15.4 Å². The molecule has 15 heteroatoms. The highest BCUT2D eigenvalue weighted by molar-refractivity contribution is 9.09. The molecule has 0 bridgehead atoms. The van der Waals surface area contributed by atoms with E-state index in [1.807, 2.05) is 64.1 Å². The van der Waals surface area contributed by atoms with Gasteiger partial charge in [-0.2, -0.15) is 0 Å². The molecule has 244 valence electrons. The Bertz CT molecular complexity index is 1350. The molecule has 0 saturated carbocycles. The largest absolute Gasteiger partial charge is 0.324 e. The Morgan fingerprint density at radius 1 is 0.814 bits per heavy atom. The fourth-order valence-corrected chi connectivity index (χ4v) is 6.85. The SMILES string of the molecule is CNCC(=O)Nc1c(C)cccc1C.COS(=O)(=S)CCBr.COS(=O)(=S)CCN(C)CC(=O)Nc1c(C)cccc1C. The molecule has 2 aromatic carbocycles. The molecular formula is C28H45BrN4O6S4. The summed E-state index contributed by atoms with van der Waals surface area (Å²) in [6.07, 6.45) is 0. The van der Waals surface area contributed by atoms with Crippen molar-refractivity contribution in [1.29, 1.82) is 0 Å². The van der Waals surface area contributed by atoms with Crippen LogP contribution in [0, 0.1) is 27.7 Å². The first-order valence-electron chi connectivity index (χ1n) is 13.2. The number of hydrogen-bond donors (Lipinski definition) is 3. The molecule has 2 aromatic rings. The molecule has 0 aromatic heterocycles. The Hall–Kier alpha value is -1.56. The first-order valence-corrected chi connectivity index (χ1v) is 19.5. The summed E-state index contributed by atoms with van der Waals surface area (Å²) in [5.74, 6) is 0.512. The minimum atomic E-state index is -2.66. The fraction of sp³-hybridized carbons (Fsp3) is 0.500. The normalized spacial score (nSPS) is 13.3. The van der Waals surface area contributed by atoms with Crippen molar-refractivity contribution in [3.05, 3.63) is 58.7 Å². The molecule has 2 rings (SSSR count). The smallest absolute Gasteiger partial charge is 0.238 e. The number of nitrogens with zero attached hydrogens (tertiary/aromatic N) is 1. The number of rotatable bonds is 13. The Morgan fingerprint density at radius 3 is 1.56 bits per heavy atom. The predicted molar refractivity (Wildman–Crippen MR) is 189 cm³/mol. The average molecular weight is 742 g/mol. The second-order valence-electron chi connectivity index (χ2n) is 9.44. The van der Waals surface area contributed by atoms with Gasteiger partial charge in [0, 0.05) is 45.6 Å². The van der Waals surface area contributed by atoms with Crippen LogP contribution >= 0.6 is 15.9 Å². The number of halogens is 1. The molecule has 0 radical (unpaired) electrons. The van der Waals surface area contributed by atoms with Gasteiger partial charge in [0.1, 0.15) is 17.5 Å². The first-order chi connectivity index (χ1) is 20.0. The van der Waals surface area contributed by atoms with E-state index in [1.54, 1.807) is 19.0 Å². The summed E-state index contributed by atoms with van der Waals surface area (Å²) in [5, 5.41) is 9.23. The fourth-order valence-electron chi connectivity index (χ4n) is 3.40. The minimum Gasteiger partial charge on any atom is -0.324 e. The van der Waals surface area contributed by atoms with Crippen LogP contribution in [0.2, 0.25) is 0 Å². The van der Waals surface area contributed by atoms with Crippen LogP contribution in [0.5, 0.6) is 0 Å². The molecule has 43 heavy (non-hydrogen) atoms. The number of likely N-dealkylation sites (N-methyl/N-ethyl adjacent to an activating group) is 2. The number of amides is 2. The summed E-state index contributed by atoms with van der Waals surface area (Å²) < 4.78 is 31.5. The third kappa shape index (κ3) is 18.1. The molecule has 0 aliphatic carbocycles. The van der Waals surface area contributed by atoms with Crippen molar-refractivity contribution in [3.8, 4) is 0 Å². The van der Waals surface area contributed by atoms with Crippen LogP contribution in [-0.4, -0.2) is 89.9 Å². The highest BCUT2D eigenvalue weighted by atomic mass is 79.9. The monoisotopic (exact) mass is 740 g/mol. The zero-order chi connectivity index (χ0) is 33.2. The lowest BCUT2D eigenvalue weighted by molar-refractivity contribution is -0.117. The van der Waals surface area contributed by atoms with Crippen molar-refractivity contribution in [2.45, 2.75) is 27.7 Å². The number of alkyl halides is 1. The van der Waals surface area contributed by atoms with Gasteiger partial charge in [-0.15, -0.1) is 0 Å².